The van der Waals surface area contributed by atoms with Crippen molar-refractivity contribution in [2.24, 2.45) is 0 Å². The summed E-state index contributed by atoms with van der Waals surface area (Å²) in [5.74, 6) is 0.912. The third-order valence-electron chi connectivity index (χ3n) is 3.60. The second-order valence-electron chi connectivity index (χ2n) is 5.01. The summed E-state index contributed by atoms with van der Waals surface area (Å²) in [5, 5.41) is 5.22. The van der Waals surface area contributed by atoms with Crippen LogP contribution in [0.15, 0.2) is 30.3 Å². The summed E-state index contributed by atoms with van der Waals surface area (Å²) in [5.41, 5.74) is 3.14. The molecule has 5 heteroatoms. The van der Waals surface area contributed by atoms with E-state index in [9.17, 15) is 0 Å². The molecule has 0 saturated carbocycles. The van der Waals surface area contributed by atoms with E-state index in [0.717, 1.165) is 28.9 Å². The predicted molar refractivity (Wildman–Crippen MR) is 88.0 cm³/mol. The first-order valence-corrected chi connectivity index (χ1v) is 7.80. The van der Waals surface area contributed by atoms with Gasteiger partial charge in [-0.25, -0.2) is 0 Å². The lowest BCUT2D eigenvalue weighted by Gasteiger charge is -2.20. The molecular weight excluding hydrogens is 329 g/mol. The van der Waals surface area contributed by atoms with Gasteiger partial charge in [0, 0.05) is 27.1 Å². The van der Waals surface area contributed by atoms with Gasteiger partial charge in [0.25, 0.3) is 0 Å². The third-order valence-corrected chi connectivity index (χ3v) is 4.25. The summed E-state index contributed by atoms with van der Waals surface area (Å²) in [6.07, 6.45) is 0.885. The standard InChI is InChI=1S/C16H14Cl3NO/c1-20-15(10-5-11(17)7-12(18)6-10)14-8-13(19)4-9-2-3-21-16(9)14/h4-8,15,20H,2-3H2,1H3. The van der Waals surface area contributed by atoms with E-state index in [-0.39, 0.29) is 6.04 Å². The highest BCUT2D eigenvalue weighted by Gasteiger charge is 2.24. The number of halogens is 3. The summed E-state index contributed by atoms with van der Waals surface area (Å²) >= 11 is 18.5. The number of rotatable bonds is 3. The molecule has 2 nitrogen and oxygen atoms in total. The zero-order chi connectivity index (χ0) is 15.0. The second-order valence-corrected chi connectivity index (χ2v) is 6.32. The third kappa shape index (κ3) is 3.00. The van der Waals surface area contributed by atoms with Crippen LogP contribution in [0.4, 0.5) is 0 Å². The fraction of sp³-hybridized carbons (Fsp3) is 0.250. The molecule has 2 aromatic rings. The van der Waals surface area contributed by atoms with Crippen molar-refractivity contribution in [1.82, 2.24) is 5.32 Å². The minimum absolute atomic E-state index is 0.0771. The molecule has 1 unspecified atom stereocenters. The van der Waals surface area contributed by atoms with Gasteiger partial charge in [0.1, 0.15) is 5.75 Å². The molecule has 0 aliphatic carbocycles. The van der Waals surface area contributed by atoms with Crippen LogP contribution in [0, 0.1) is 0 Å². The van der Waals surface area contributed by atoms with Gasteiger partial charge in [-0.1, -0.05) is 34.8 Å². The highest BCUT2D eigenvalue weighted by atomic mass is 35.5. The topological polar surface area (TPSA) is 21.3 Å². The summed E-state index contributed by atoms with van der Waals surface area (Å²) in [7, 11) is 1.89. The molecule has 21 heavy (non-hydrogen) atoms. The van der Waals surface area contributed by atoms with Crippen molar-refractivity contribution in [3.05, 3.63) is 62.1 Å². The van der Waals surface area contributed by atoms with Gasteiger partial charge in [-0.15, -0.1) is 0 Å². The monoisotopic (exact) mass is 341 g/mol. The second kappa shape index (κ2) is 6.05. The highest BCUT2D eigenvalue weighted by molar-refractivity contribution is 6.34. The Morgan fingerprint density at radius 1 is 1.00 bits per heavy atom. The fourth-order valence-electron chi connectivity index (χ4n) is 2.76. The van der Waals surface area contributed by atoms with Crippen LogP contribution >= 0.6 is 34.8 Å². The lowest BCUT2D eigenvalue weighted by Crippen LogP contribution is -2.18. The molecule has 0 amide bonds. The maximum atomic E-state index is 6.24. The molecule has 0 radical (unpaired) electrons. The molecule has 1 N–H and O–H groups in total. The summed E-state index contributed by atoms with van der Waals surface area (Å²) in [6, 6.07) is 9.34. The Balaban J connectivity index is 2.12. The van der Waals surface area contributed by atoms with E-state index >= 15 is 0 Å². The molecule has 1 atom stereocenters. The molecule has 3 rings (SSSR count). The summed E-state index contributed by atoms with van der Waals surface area (Å²) in [4.78, 5) is 0. The van der Waals surface area contributed by atoms with Crippen molar-refractivity contribution in [3.8, 4) is 5.75 Å². The minimum atomic E-state index is -0.0771. The Kier molecular flexibility index (Phi) is 4.32. The van der Waals surface area contributed by atoms with Crippen LogP contribution in [0.2, 0.25) is 15.1 Å². The van der Waals surface area contributed by atoms with Gasteiger partial charge < -0.3 is 10.1 Å². The molecule has 0 saturated heterocycles. The van der Waals surface area contributed by atoms with E-state index in [0.29, 0.717) is 21.7 Å². The molecule has 0 bridgehead atoms. The van der Waals surface area contributed by atoms with Gasteiger partial charge >= 0.3 is 0 Å². The van der Waals surface area contributed by atoms with Crippen molar-refractivity contribution in [1.29, 1.82) is 0 Å². The maximum Gasteiger partial charge on any atom is 0.127 e. The van der Waals surface area contributed by atoms with Crippen molar-refractivity contribution in [3.63, 3.8) is 0 Å². The smallest absolute Gasteiger partial charge is 0.127 e. The van der Waals surface area contributed by atoms with Crippen molar-refractivity contribution in [2.45, 2.75) is 12.5 Å². The van der Waals surface area contributed by atoms with E-state index in [2.05, 4.69) is 5.32 Å². The zero-order valence-electron chi connectivity index (χ0n) is 11.4. The Morgan fingerprint density at radius 2 is 1.67 bits per heavy atom. The summed E-state index contributed by atoms with van der Waals surface area (Å²) in [6.45, 7) is 0.690. The first-order valence-electron chi connectivity index (χ1n) is 6.67. The van der Waals surface area contributed by atoms with Gasteiger partial charge in [-0.3, -0.25) is 0 Å². The van der Waals surface area contributed by atoms with Gasteiger partial charge in [-0.2, -0.15) is 0 Å². The Morgan fingerprint density at radius 3 is 2.33 bits per heavy atom. The van der Waals surface area contributed by atoms with Gasteiger partial charge in [0.15, 0.2) is 0 Å². The first kappa shape index (κ1) is 15.0. The van der Waals surface area contributed by atoms with Crippen LogP contribution in [0.25, 0.3) is 0 Å². The quantitative estimate of drug-likeness (QED) is 0.857. The number of fused-ring (bicyclic) bond motifs is 1. The molecule has 0 fully saturated rings. The van der Waals surface area contributed by atoms with Crippen LogP contribution in [-0.4, -0.2) is 13.7 Å². The Labute approximate surface area is 139 Å². The van der Waals surface area contributed by atoms with Gasteiger partial charge in [0.2, 0.25) is 0 Å². The number of benzene rings is 2. The van der Waals surface area contributed by atoms with Crippen LogP contribution < -0.4 is 10.1 Å². The highest BCUT2D eigenvalue weighted by Crippen LogP contribution is 2.39. The Bertz CT molecular complexity index is 667. The molecule has 110 valence electrons. The first-order chi connectivity index (χ1) is 10.1. The van der Waals surface area contributed by atoms with Crippen LogP contribution in [0.3, 0.4) is 0 Å². The lowest BCUT2D eigenvalue weighted by molar-refractivity contribution is 0.351. The van der Waals surface area contributed by atoms with E-state index in [1.807, 2.05) is 31.3 Å². The molecule has 0 aromatic heterocycles. The van der Waals surface area contributed by atoms with Crippen LogP contribution in [0.1, 0.15) is 22.7 Å². The SMILES string of the molecule is CNC(c1cc(Cl)cc(Cl)c1)c1cc(Cl)cc2c1OCC2. The van der Waals surface area contributed by atoms with Gasteiger partial charge in [-0.05, 0) is 48.5 Å². The minimum Gasteiger partial charge on any atom is -0.493 e. The zero-order valence-corrected chi connectivity index (χ0v) is 13.7. The van der Waals surface area contributed by atoms with E-state index in [4.69, 9.17) is 39.5 Å². The average molecular weight is 343 g/mol. The predicted octanol–water partition coefficient (Wildman–Crippen LogP) is 4.89. The number of nitrogens with one attached hydrogen (secondary N) is 1. The van der Waals surface area contributed by atoms with Crippen LogP contribution in [0.5, 0.6) is 5.75 Å². The van der Waals surface area contributed by atoms with Crippen molar-refractivity contribution in [2.75, 3.05) is 13.7 Å². The summed E-state index contributed by atoms with van der Waals surface area (Å²) < 4.78 is 5.78. The van der Waals surface area contributed by atoms with E-state index in [1.165, 1.54) is 0 Å². The van der Waals surface area contributed by atoms with Crippen LogP contribution in [-0.2, 0) is 6.42 Å². The number of hydrogen-bond acceptors (Lipinski definition) is 2. The fourth-order valence-corrected chi connectivity index (χ4v) is 3.55. The normalized spacial score (nSPS) is 14.7. The maximum absolute atomic E-state index is 6.24. The number of hydrogen-bond donors (Lipinski definition) is 1. The molecule has 1 aliphatic rings. The molecule has 0 spiro atoms. The molecule has 1 heterocycles. The van der Waals surface area contributed by atoms with E-state index in [1.54, 1.807) is 6.07 Å². The van der Waals surface area contributed by atoms with Crippen molar-refractivity contribution < 1.29 is 4.74 Å². The van der Waals surface area contributed by atoms with E-state index < -0.39 is 0 Å². The lowest BCUT2D eigenvalue weighted by atomic mass is 9.96. The molecular formula is C16H14Cl3NO. The average Bonchev–Trinajstić information content (AvgIpc) is 2.86. The largest absolute Gasteiger partial charge is 0.493 e. The Hall–Kier alpha value is -0.930. The molecule has 2 aromatic carbocycles. The molecule has 1 aliphatic heterocycles. The van der Waals surface area contributed by atoms with Gasteiger partial charge in [0.05, 0.1) is 12.6 Å². The van der Waals surface area contributed by atoms with Crippen molar-refractivity contribution >= 4 is 34.8 Å². The number of ether oxygens (including phenoxy) is 1.